The van der Waals surface area contributed by atoms with Crippen LogP contribution in [-0.4, -0.2) is 24.3 Å². The van der Waals surface area contributed by atoms with Crippen molar-refractivity contribution in [2.75, 3.05) is 13.7 Å². The molecule has 1 atom stereocenters. The first kappa shape index (κ1) is 25.7. The van der Waals surface area contributed by atoms with Crippen LogP contribution in [0.2, 0.25) is 0 Å². The van der Waals surface area contributed by atoms with Crippen LogP contribution in [-0.2, 0) is 9.53 Å². The zero-order chi connectivity index (χ0) is 27.0. The van der Waals surface area contributed by atoms with Gasteiger partial charge in [0.2, 0.25) is 0 Å². The fraction of sp³-hybridized carbons (Fsp3) is 0.258. The molecule has 1 aliphatic rings. The van der Waals surface area contributed by atoms with E-state index in [2.05, 4.69) is 26.0 Å². The van der Waals surface area contributed by atoms with Gasteiger partial charge in [-0.05, 0) is 53.8 Å². The number of hydrogen-bond acceptors (Lipinski definition) is 6. The Morgan fingerprint density at radius 1 is 1.11 bits per heavy atom. The minimum atomic E-state index is -0.753. The van der Waals surface area contributed by atoms with Gasteiger partial charge in [0.1, 0.15) is 11.8 Å². The van der Waals surface area contributed by atoms with Gasteiger partial charge in [-0.3, -0.25) is 9.36 Å². The first-order valence-electron chi connectivity index (χ1n) is 12.7. The summed E-state index contributed by atoms with van der Waals surface area (Å²) in [5, 5.41) is 1.88. The molecule has 6 nitrogen and oxygen atoms in total. The van der Waals surface area contributed by atoms with Crippen LogP contribution in [0.15, 0.2) is 81.7 Å². The van der Waals surface area contributed by atoms with Crippen molar-refractivity contribution in [2.45, 2.75) is 39.7 Å². The number of esters is 1. The zero-order valence-corrected chi connectivity index (χ0v) is 23.0. The monoisotopic (exact) mass is 526 g/mol. The molecule has 3 aromatic carbocycles. The van der Waals surface area contributed by atoms with E-state index in [1.165, 1.54) is 16.9 Å². The topological polar surface area (TPSA) is 69.9 Å². The third kappa shape index (κ3) is 4.47. The van der Waals surface area contributed by atoms with Crippen molar-refractivity contribution in [3.63, 3.8) is 0 Å². The molecule has 194 valence electrons. The second kappa shape index (κ2) is 10.4. The van der Waals surface area contributed by atoms with E-state index in [4.69, 9.17) is 14.5 Å². The van der Waals surface area contributed by atoms with Crippen LogP contribution in [0.3, 0.4) is 0 Å². The highest BCUT2D eigenvalue weighted by molar-refractivity contribution is 7.07. The smallest absolute Gasteiger partial charge is 0.338 e. The first-order chi connectivity index (χ1) is 18.3. The van der Waals surface area contributed by atoms with Gasteiger partial charge >= 0.3 is 5.97 Å². The number of nitrogens with zero attached hydrogens (tertiary/aromatic N) is 2. The SMILES string of the molecule is CCOC(=O)C1=C(C)N=c2s/c(=C\c3ccc(C(C)C)cc3)c(=O)n2C1c1c(OC)ccc2ccccc12. The van der Waals surface area contributed by atoms with Crippen molar-refractivity contribution in [3.05, 3.63) is 108 Å². The van der Waals surface area contributed by atoms with Gasteiger partial charge in [0.15, 0.2) is 4.80 Å². The van der Waals surface area contributed by atoms with Gasteiger partial charge in [-0.2, -0.15) is 0 Å². The van der Waals surface area contributed by atoms with E-state index in [-0.39, 0.29) is 12.2 Å². The third-order valence-electron chi connectivity index (χ3n) is 6.84. The maximum Gasteiger partial charge on any atom is 0.338 e. The molecule has 0 saturated heterocycles. The molecule has 4 aromatic rings. The fourth-order valence-corrected chi connectivity index (χ4v) is 5.98. The van der Waals surface area contributed by atoms with Crippen LogP contribution >= 0.6 is 11.3 Å². The molecule has 0 amide bonds. The average molecular weight is 527 g/mol. The summed E-state index contributed by atoms with van der Waals surface area (Å²) >= 11 is 1.32. The number of methoxy groups -OCH3 is 1. The van der Waals surface area contributed by atoms with E-state index in [0.29, 0.717) is 32.3 Å². The van der Waals surface area contributed by atoms with E-state index >= 15 is 0 Å². The number of ether oxygens (including phenoxy) is 2. The summed E-state index contributed by atoms with van der Waals surface area (Å²) < 4.78 is 13.4. The Kier molecular flexibility index (Phi) is 7.04. The van der Waals surface area contributed by atoms with E-state index in [1.807, 2.05) is 54.6 Å². The lowest BCUT2D eigenvalue weighted by Gasteiger charge is -2.27. The second-order valence-electron chi connectivity index (χ2n) is 9.53. The number of rotatable bonds is 6. The predicted molar refractivity (Wildman–Crippen MR) is 151 cm³/mol. The molecule has 0 radical (unpaired) electrons. The summed E-state index contributed by atoms with van der Waals surface area (Å²) in [5.74, 6) is 0.519. The molecule has 7 heteroatoms. The molecule has 0 aliphatic carbocycles. The molecule has 1 unspecified atom stereocenters. The Morgan fingerprint density at radius 2 is 1.84 bits per heavy atom. The standard InChI is InChI=1S/C31H30N2O4S/c1-6-37-30(35)26-19(4)32-31-33(28(26)27-23-10-8-7-9-22(23)15-16-24(27)36-5)29(34)25(38-31)17-20-11-13-21(14-12-20)18(2)3/h7-18,28H,6H2,1-5H3/b25-17-. The van der Waals surface area contributed by atoms with Gasteiger partial charge in [-0.1, -0.05) is 79.8 Å². The minimum absolute atomic E-state index is 0.212. The Labute approximate surface area is 225 Å². The normalized spacial score (nSPS) is 15.5. The molecule has 0 N–H and O–H groups in total. The molecular formula is C31H30N2O4S. The Morgan fingerprint density at radius 3 is 2.53 bits per heavy atom. The largest absolute Gasteiger partial charge is 0.496 e. The number of benzene rings is 3. The minimum Gasteiger partial charge on any atom is -0.496 e. The number of thiazole rings is 1. The number of carbonyl (C=O) groups is 1. The van der Waals surface area contributed by atoms with Crippen LogP contribution in [0, 0.1) is 0 Å². The number of hydrogen-bond donors (Lipinski definition) is 0. The van der Waals surface area contributed by atoms with Crippen LogP contribution < -0.4 is 19.6 Å². The molecular weight excluding hydrogens is 496 g/mol. The zero-order valence-electron chi connectivity index (χ0n) is 22.1. The maximum atomic E-state index is 14.0. The maximum absolute atomic E-state index is 14.0. The van der Waals surface area contributed by atoms with Gasteiger partial charge in [0.25, 0.3) is 5.56 Å². The van der Waals surface area contributed by atoms with E-state index in [0.717, 1.165) is 21.9 Å². The number of fused-ring (bicyclic) bond motifs is 2. The number of carbonyl (C=O) groups excluding carboxylic acids is 1. The van der Waals surface area contributed by atoms with E-state index in [1.54, 1.807) is 25.5 Å². The van der Waals surface area contributed by atoms with Crippen LogP contribution in [0.25, 0.3) is 16.8 Å². The number of aromatic nitrogens is 1. The first-order valence-corrected chi connectivity index (χ1v) is 13.5. The van der Waals surface area contributed by atoms with E-state index < -0.39 is 12.0 Å². The van der Waals surface area contributed by atoms with Crippen molar-refractivity contribution in [1.82, 2.24) is 4.57 Å². The molecule has 1 aromatic heterocycles. The molecule has 0 fully saturated rings. The lowest BCUT2D eigenvalue weighted by atomic mass is 9.90. The highest BCUT2D eigenvalue weighted by atomic mass is 32.1. The van der Waals surface area contributed by atoms with Crippen molar-refractivity contribution in [2.24, 2.45) is 4.99 Å². The van der Waals surface area contributed by atoms with Crippen LogP contribution in [0.1, 0.15) is 56.3 Å². The Hall–Kier alpha value is -3.97. The van der Waals surface area contributed by atoms with Gasteiger partial charge in [0.05, 0.1) is 29.5 Å². The third-order valence-corrected chi connectivity index (χ3v) is 7.82. The molecule has 5 rings (SSSR count). The quantitative estimate of drug-likeness (QED) is 0.329. The van der Waals surface area contributed by atoms with Crippen molar-refractivity contribution >= 4 is 34.2 Å². The summed E-state index contributed by atoms with van der Waals surface area (Å²) in [6, 6.07) is 19.2. The van der Waals surface area contributed by atoms with Gasteiger partial charge in [0, 0.05) is 5.56 Å². The Bertz CT molecular complexity index is 1740. The second-order valence-corrected chi connectivity index (χ2v) is 10.5. The summed E-state index contributed by atoms with van der Waals surface area (Å²) in [7, 11) is 1.60. The van der Waals surface area contributed by atoms with Crippen LogP contribution in [0.5, 0.6) is 5.75 Å². The van der Waals surface area contributed by atoms with Gasteiger partial charge in [-0.15, -0.1) is 0 Å². The molecule has 2 heterocycles. The van der Waals surface area contributed by atoms with Crippen molar-refractivity contribution < 1.29 is 14.3 Å². The average Bonchev–Trinajstić information content (AvgIpc) is 3.21. The molecule has 0 spiro atoms. The highest BCUT2D eigenvalue weighted by Gasteiger charge is 2.36. The molecule has 0 saturated carbocycles. The summed E-state index contributed by atoms with van der Waals surface area (Å²) in [4.78, 5) is 32.6. The summed E-state index contributed by atoms with van der Waals surface area (Å²) in [5.41, 5.74) is 3.55. The fourth-order valence-electron chi connectivity index (χ4n) is 4.93. The number of allylic oxidation sites excluding steroid dienone is 1. The van der Waals surface area contributed by atoms with Crippen molar-refractivity contribution in [3.8, 4) is 5.75 Å². The van der Waals surface area contributed by atoms with Gasteiger partial charge < -0.3 is 9.47 Å². The Balaban J connectivity index is 1.80. The highest BCUT2D eigenvalue weighted by Crippen LogP contribution is 2.40. The lowest BCUT2D eigenvalue weighted by molar-refractivity contribution is -0.139. The van der Waals surface area contributed by atoms with Crippen LogP contribution in [0.4, 0.5) is 0 Å². The molecule has 0 bridgehead atoms. The van der Waals surface area contributed by atoms with Crippen molar-refractivity contribution in [1.29, 1.82) is 0 Å². The van der Waals surface area contributed by atoms with Gasteiger partial charge in [-0.25, -0.2) is 9.79 Å². The summed E-state index contributed by atoms with van der Waals surface area (Å²) in [6.07, 6.45) is 1.88. The molecule has 1 aliphatic heterocycles. The summed E-state index contributed by atoms with van der Waals surface area (Å²) in [6.45, 7) is 8.07. The lowest BCUT2D eigenvalue weighted by Crippen LogP contribution is -2.40. The van der Waals surface area contributed by atoms with E-state index in [9.17, 15) is 9.59 Å². The predicted octanol–water partition coefficient (Wildman–Crippen LogP) is 5.08. The molecule has 38 heavy (non-hydrogen) atoms.